The molecular formula is C14H20N2O5. The maximum atomic E-state index is 11.5. The first-order valence-electron chi connectivity index (χ1n) is 6.77. The molecule has 0 aliphatic carbocycles. The molecule has 7 nitrogen and oxygen atoms in total. The second-order valence-corrected chi connectivity index (χ2v) is 4.31. The normalized spacial score (nSPS) is 10.0. The molecule has 0 unspecified atom stereocenters. The van der Waals surface area contributed by atoms with Crippen molar-refractivity contribution in [2.75, 3.05) is 31.7 Å². The predicted molar refractivity (Wildman–Crippen MR) is 78.8 cm³/mol. The molecule has 0 saturated carbocycles. The van der Waals surface area contributed by atoms with E-state index in [9.17, 15) is 14.9 Å². The number of hydrogen-bond donors (Lipinski definition) is 0. The van der Waals surface area contributed by atoms with Crippen molar-refractivity contribution >= 4 is 17.3 Å². The first-order chi connectivity index (χ1) is 10.0. The van der Waals surface area contributed by atoms with Crippen LogP contribution in [0.5, 0.6) is 5.75 Å². The number of esters is 1. The number of hydrogen-bond acceptors (Lipinski definition) is 6. The third-order valence-electron chi connectivity index (χ3n) is 2.84. The minimum Gasteiger partial charge on any atom is -0.487 e. The van der Waals surface area contributed by atoms with Crippen molar-refractivity contribution < 1.29 is 19.2 Å². The second-order valence-electron chi connectivity index (χ2n) is 4.31. The van der Waals surface area contributed by atoms with Gasteiger partial charge in [0.05, 0.1) is 18.6 Å². The van der Waals surface area contributed by atoms with E-state index >= 15 is 0 Å². The lowest BCUT2D eigenvalue weighted by atomic mass is 10.2. The highest BCUT2D eigenvalue weighted by atomic mass is 16.6. The van der Waals surface area contributed by atoms with Crippen LogP contribution in [0.2, 0.25) is 0 Å². The highest BCUT2D eigenvalue weighted by molar-refractivity contribution is 5.79. The Labute approximate surface area is 123 Å². The van der Waals surface area contributed by atoms with Crippen LogP contribution >= 0.6 is 0 Å². The fourth-order valence-corrected chi connectivity index (χ4v) is 2.00. The third kappa shape index (κ3) is 4.34. The van der Waals surface area contributed by atoms with Crippen LogP contribution in [0.25, 0.3) is 0 Å². The van der Waals surface area contributed by atoms with Gasteiger partial charge in [-0.25, -0.2) is 0 Å². The smallest absolute Gasteiger partial charge is 0.333 e. The Morgan fingerprint density at radius 3 is 2.62 bits per heavy atom. The highest BCUT2D eigenvalue weighted by Gasteiger charge is 2.25. The Balaban J connectivity index is 3.25. The van der Waals surface area contributed by atoms with Crippen molar-refractivity contribution in [3.63, 3.8) is 0 Å². The number of carbonyl (C=O) groups excluding carboxylic acids is 1. The van der Waals surface area contributed by atoms with Gasteiger partial charge in [-0.15, -0.1) is 0 Å². The Bertz CT molecular complexity index is 504. The molecule has 21 heavy (non-hydrogen) atoms. The van der Waals surface area contributed by atoms with Gasteiger partial charge in [-0.2, -0.15) is 0 Å². The van der Waals surface area contributed by atoms with Crippen molar-refractivity contribution in [2.24, 2.45) is 0 Å². The number of nitrogens with zero attached hydrogens (tertiary/aromatic N) is 2. The topological polar surface area (TPSA) is 81.9 Å². The average molecular weight is 296 g/mol. The fraction of sp³-hybridized carbons (Fsp3) is 0.500. The molecule has 0 bridgehead atoms. The molecule has 1 aromatic rings. The maximum Gasteiger partial charge on any atom is 0.333 e. The summed E-state index contributed by atoms with van der Waals surface area (Å²) in [5, 5.41) is 11.4. The van der Waals surface area contributed by atoms with Crippen LogP contribution in [0.1, 0.15) is 20.3 Å². The van der Waals surface area contributed by atoms with E-state index in [1.54, 1.807) is 30.0 Å². The molecule has 116 valence electrons. The Kier molecular flexibility index (Phi) is 6.45. The van der Waals surface area contributed by atoms with Gasteiger partial charge < -0.3 is 14.4 Å². The largest absolute Gasteiger partial charge is 0.487 e. The van der Waals surface area contributed by atoms with E-state index in [2.05, 4.69) is 4.74 Å². The minimum atomic E-state index is -0.486. The van der Waals surface area contributed by atoms with Crippen LogP contribution in [0.15, 0.2) is 18.2 Å². The monoisotopic (exact) mass is 296 g/mol. The zero-order valence-corrected chi connectivity index (χ0v) is 12.5. The summed E-state index contributed by atoms with van der Waals surface area (Å²) in [5.74, 6) is -0.245. The number of benzene rings is 1. The summed E-state index contributed by atoms with van der Waals surface area (Å²) in [6.45, 7) is 4.48. The Hall–Kier alpha value is -2.31. The molecule has 0 spiro atoms. The summed E-state index contributed by atoms with van der Waals surface area (Å²) in [7, 11) is 1.29. The zero-order valence-electron chi connectivity index (χ0n) is 12.5. The van der Waals surface area contributed by atoms with Crippen molar-refractivity contribution in [3.05, 3.63) is 28.3 Å². The van der Waals surface area contributed by atoms with E-state index in [-0.39, 0.29) is 18.0 Å². The van der Waals surface area contributed by atoms with Crippen LogP contribution in [0, 0.1) is 10.1 Å². The van der Waals surface area contributed by atoms with Gasteiger partial charge in [0.25, 0.3) is 0 Å². The molecule has 0 aromatic heterocycles. The summed E-state index contributed by atoms with van der Waals surface area (Å²) >= 11 is 0. The molecule has 0 aliphatic heterocycles. The number of rotatable bonds is 8. The molecule has 0 radical (unpaired) electrons. The van der Waals surface area contributed by atoms with Crippen LogP contribution in [0.4, 0.5) is 11.4 Å². The second kappa shape index (κ2) is 8.08. The first kappa shape index (κ1) is 16.7. The maximum absolute atomic E-state index is 11.5. The molecular weight excluding hydrogens is 276 g/mol. The molecule has 1 aromatic carbocycles. The number of nitro groups is 1. The lowest BCUT2D eigenvalue weighted by molar-refractivity contribution is -0.385. The van der Waals surface area contributed by atoms with Crippen LogP contribution in [-0.4, -0.2) is 37.7 Å². The molecule has 0 atom stereocenters. The van der Waals surface area contributed by atoms with Crippen molar-refractivity contribution in [1.82, 2.24) is 0 Å². The lowest BCUT2D eigenvalue weighted by Crippen LogP contribution is -2.31. The quantitative estimate of drug-likeness (QED) is 0.416. The SMILES string of the molecule is CCCN(CC(=O)OC)c1cccc(OCC)c1[N+](=O)[O-]. The number of nitro benzene ring substituents is 1. The average Bonchev–Trinajstić information content (AvgIpc) is 2.46. The van der Waals surface area contributed by atoms with Gasteiger partial charge in [-0.05, 0) is 25.5 Å². The van der Waals surface area contributed by atoms with Gasteiger partial charge in [0.2, 0.25) is 0 Å². The summed E-state index contributed by atoms with van der Waals surface area (Å²) in [5.41, 5.74) is 0.231. The van der Waals surface area contributed by atoms with E-state index in [1.807, 2.05) is 6.92 Å². The zero-order chi connectivity index (χ0) is 15.8. The van der Waals surface area contributed by atoms with E-state index in [4.69, 9.17) is 4.74 Å². The molecule has 0 aliphatic rings. The minimum absolute atomic E-state index is 0.0409. The summed E-state index contributed by atoms with van der Waals surface area (Å²) in [6.07, 6.45) is 0.743. The number of methoxy groups -OCH3 is 1. The molecule has 0 heterocycles. The van der Waals surface area contributed by atoms with Gasteiger partial charge in [-0.3, -0.25) is 14.9 Å². The number of anilines is 1. The van der Waals surface area contributed by atoms with Crippen molar-refractivity contribution in [2.45, 2.75) is 20.3 Å². The van der Waals surface area contributed by atoms with E-state index in [0.29, 0.717) is 18.8 Å². The molecule has 7 heteroatoms. The number of ether oxygens (including phenoxy) is 2. The van der Waals surface area contributed by atoms with E-state index in [0.717, 1.165) is 6.42 Å². The van der Waals surface area contributed by atoms with E-state index < -0.39 is 10.9 Å². The Morgan fingerprint density at radius 1 is 1.38 bits per heavy atom. The number of carbonyl (C=O) groups is 1. The molecule has 0 N–H and O–H groups in total. The predicted octanol–water partition coefficient (Wildman–Crippen LogP) is 2.38. The third-order valence-corrected chi connectivity index (χ3v) is 2.84. The van der Waals surface area contributed by atoms with E-state index in [1.165, 1.54) is 7.11 Å². The van der Waals surface area contributed by atoms with Gasteiger partial charge >= 0.3 is 11.7 Å². The summed E-state index contributed by atoms with van der Waals surface area (Å²) < 4.78 is 9.96. The fourth-order valence-electron chi connectivity index (χ4n) is 2.00. The summed E-state index contributed by atoms with van der Waals surface area (Å²) in [4.78, 5) is 24.0. The van der Waals surface area contributed by atoms with Gasteiger partial charge in [-0.1, -0.05) is 13.0 Å². The summed E-state index contributed by atoms with van der Waals surface area (Å²) in [6, 6.07) is 4.83. The molecule has 1 rings (SSSR count). The van der Waals surface area contributed by atoms with Crippen LogP contribution < -0.4 is 9.64 Å². The van der Waals surface area contributed by atoms with Gasteiger partial charge in [0.1, 0.15) is 12.2 Å². The lowest BCUT2D eigenvalue weighted by Gasteiger charge is -2.23. The number of para-hydroxylation sites is 1. The standard InChI is InChI=1S/C14H20N2O5/c1-4-9-15(10-13(17)20-3)11-7-6-8-12(21-5-2)14(11)16(18)19/h6-8H,4-5,9-10H2,1-3H3. The van der Waals surface area contributed by atoms with Crippen molar-refractivity contribution in [3.8, 4) is 5.75 Å². The van der Waals surface area contributed by atoms with Crippen molar-refractivity contribution in [1.29, 1.82) is 0 Å². The van der Waals surface area contributed by atoms with Gasteiger partial charge in [0.15, 0.2) is 5.75 Å². The molecule has 0 amide bonds. The highest BCUT2D eigenvalue weighted by Crippen LogP contribution is 2.37. The molecule has 0 fully saturated rings. The van der Waals surface area contributed by atoms with Crippen LogP contribution in [0.3, 0.4) is 0 Å². The Morgan fingerprint density at radius 2 is 2.10 bits per heavy atom. The van der Waals surface area contributed by atoms with Crippen LogP contribution in [-0.2, 0) is 9.53 Å². The van der Waals surface area contributed by atoms with Gasteiger partial charge in [0, 0.05) is 6.54 Å². The first-order valence-corrected chi connectivity index (χ1v) is 6.77. The molecule has 0 saturated heterocycles.